The highest BCUT2D eigenvalue weighted by Gasteiger charge is 2.31. The molecule has 1 aromatic carbocycles. The molecular formula is C25H26FN7O2. The van der Waals surface area contributed by atoms with E-state index in [1.807, 2.05) is 6.07 Å². The summed E-state index contributed by atoms with van der Waals surface area (Å²) in [5, 5.41) is 11.3. The van der Waals surface area contributed by atoms with Gasteiger partial charge in [0.25, 0.3) is 0 Å². The van der Waals surface area contributed by atoms with E-state index in [4.69, 9.17) is 19.4 Å². The van der Waals surface area contributed by atoms with Crippen molar-refractivity contribution >= 4 is 5.95 Å². The number of nitrogens with one attached hydrogen (secondary N) is 1. The third-order valence-corrected chi connectivity index (χ3v) is 5.85. The molecule has 0 radical (unpaired) electrons. The summed E-state index contributed by atoms with van der Waals surface area (Å²) in [6.07, 6.45) is 4.36. The molecule has 0 aliphatic carbocycles. The van der Waals surface area contributed by atoms with Gasteiger partial charge in [-0.05, 0) is 43.2 Å². The summed E-state index contributed by atoms with van der Waals surface area (Å²) in [6.45, 7) is 3.26. The first kappa shape index (κ1) is 22.7. The minimum absolute atomic E-state index is 0.0209. The van der Waals surface area contributed by atoms with Crippen molar-refractivity contribution < 1.29 is 13.9 Å². The molecular weight excluding hydrogens is 449 g/mol. The Morgan fingerprint density at radius 1 is 1.06 bits per heavy atom. The summed E-state index contributed by atoms with van der Waals surface area (Å²) in [5.74, 6) is 2.06. The largest absolute Gasteiger partial charge is 0.480 e. The number of imidazole rings is 1. The molecule has 1 aliphatic heterocycles. The van der Waals surface area contributed by atoms with E-state index in [2.05, 4.69) is 32.0 Å². The van der Waals surface area contributed by atoms with Crippen LogP contribution in [0.15, 0.2) is 48.7 Å². The van der Waals surface area contributed by atoms with Gasteiger partial charge >= 0.3 is 0 Å². The van der Waals surface area contributed by atoms with Gasteiger partial charge in [-0.1, -0.05) is 6.92 Å². The Hall–Kier alpha value is -4.08. The summed E-state index contributed by atoms with van der Waals surface area (Å²) in [7, 11) is 1.54. The molecule has 0 saturated heterocycles. The molecule has 3 aromatic heterocycles. The van der Waals surface area contributed by atoms with E-state index < -0.39 is 0 Å². The van der Waals surface area contributed by atoms with Crippen LogP contribution in [0.1, 0.15) is 31.6 Å². The van der Waals surface area contributed by atoms with Crippen molar-refractivity contribution in [1.29, 1.82) is 0 Å². The molecule has 0 fully saturated rings. The van der Waals surface area contributed by atoms with Crippen LogP contribution in [-0.2, 0) is 6.42 Å². The summed E-state index contributed by atoms with van der Waals surface area (Å²) in [5.41, 5.74) is 3.19. The number of aryl methyl sites for hydroxylation is 1. The van der Waals surface area contributed by atoms with Crippen LogP contribution in [0.4, 0.5) is 10.3 Å². The molecule has 0 saturated carbocycles. The second-order valence-corrected chi connectivity index (χ2v) is 8.21. The molecule has 4 aromatic rings. The van der Waals surface area contributed by atoms with Gasteiger partial charge in [0, 0.05) is 36.9 Å². The number of ether oxygens (including phenoxy) is 2. The normalized spacial score (nSPS) is 14.5. The lowest BCUT2D eigenvalue weighted by atomic mass is 10.1. The Morgan fingerprint density at radius 3 is 2.60 bits per heavy atom. The fourth-order valence-electron chi connectivity index (χ4n) is 4.17. The van der Waals surface area contributed by atoms with Gasteiger partial charge in [0.1, 0.15) is 18.2 Å². The Morgan fingerprint density at radius 2 is 1.86 bits per heavy atom. The highest BCUT2D eigenvalue weighted by atomic mass is 19.1. The van der Waals surface area contributed by atoms with Crippen LogP contribution < -0.4 is 14.8 Å². The number of rotatable bonds is 9. The van der Waals surface area contributed by atoms with Crippen molar-refractivity contribution in [1.82, 2.24) is 29.7 Å². The van der Waals surface area contributed by atoms with Gasteiger partial charge in [-0.25, -0.2) is 19.3 Å². The molecule has 9 nitrogen and oxygen atoms in total. The minimum Gasteiger partial charge on any atom is -0.480 e. The zero-order valence-electron chi connectivity index (χ0n) is 19.6. The standard InChI is InChI=1S/C25H26FN7O2/c1-3-13-27-25-28-14-12-19(29-25)24-23(16-4-6-17(26)7-5-16)30-20-9-8-18(33(20)24)15-35-22-11-10-21(34-2)31-32-22/h4-7,10-12,14,18H,3,8-9,13,15H2,1-2H3,(H,27,28,29). The average Bonchev–Trinajstić information content (AvgIpc) is 3.47. The van der Waals surface area contributed by atoms with Crippen LogP contribution in [0.2, 0.25) is 0 Å². The molecule has 1 aliphatic rings. The molecule has 4 heterocycles. The zero-order chi connectivity index (χ0) is 24.2. The molecule has 180 valence electrons. The summed E-state index contributed by atoms with van der Waals surface area (Å²) in [4.78, 5) is 14.1. The highest BCUT2D eigenvalue weighted by molar-refractivity contribution is 5.78. The van der Waals surface area contributed by atoms with E-state index >= 15 is 0 Å². The first-order valence-electron chi connectivity index (χ1n) is 11.6. The van der Waals surface area contributed by atoms with Crippen molar-refractivity contribution in [2.24, 2.45) is 0 Å². The summed E-state index contributed by atoms with van der Waals surface area (Å²) < 4.78 is 26.9. The van der Waals surface area contributed by atoms with Crippen LogP contribution in [-0.4, -0.2) is 50.0 Å². The minimum atomic E-state index is -0.290. The van der Waals surface area contributed by atoms with E-state index in [-0.39, 0.29) is 11.9 Å². The van der Waals surface area contributed by atoms with Crippen LogP contribution in [0.5, 0.6) is 11.8 Å². The number of hydrogen-bond donors (Lipinski definition) is 1. The quantitative estimate of drug-likeness (QED) is 0.382. The number of benzene rings is 1. The Bertz CT molecular complexity index is 1290. The molecule has 0 bridgehead atoms. The van der Waals surface area contributed by atoms with Crippen LogP contribution in [0.25, 0.3) is 22.6 Å². The lowest BCUT2D eigenvalue weighted by Gasteiger charge is -2.18. The number of hydrogen-bond acceptors (Lipinski definition) is 8. The number of aromatic nitrogens is 6. The van der Waals surface area contributed by atoms with Gasteiger partial charge in [-0.15, -0.1) is 10.2 Å². The van der Waals surface area contributed by atoms with Gasteiger partial charge in [-0.2, -0.15) is 0 Å². The van der Waals surface area contributed by atoms with Gasteiger partial charge < -0.3 is 19.4 Å². The molecule has 0 amide bonds. The lowest BCUT2D eigenvalue weighted by Crippen LogP contribution is -2.16. The molecule has 1 N–H and O–H groups in total. The molecule has 35 heavy (non-hydrogen) atoms. The Kier molecular flexibility index (Phi) is 6.51. The van der Waals surface area contributed by atoms with Gasteiger partial charge in [0.2, 0.25) is 17.7 Å². The van der Waals surface area contributed by atoms with Gasteiger partial charge in [-0.3, -0.25) is 0 Å². The van der Waals surface area contributed by atoms with Crippen LogP contribution >= 0.6 is 0 Å². The lowest BCUT2D eigenvalue weighted by molar-refractivity contribution is 0.243. The van der Waals surface area contributed by atoms with Crippen LogP contribution in [0.3, 0.4) is 0 Å². The Balaban J connectivity index is 1.52. The smallest absolute Gasteiger partial charge is 0.233 e. The first-order chi connectivity index (χ1) is 17.2. The maximum atomic E-state index is 13.6. The summed E-state index contributed by atoms with van der Waals surface area (Å²) >= 11 is 0. The first-order valence-corrected chi connectivity index (χ1v) is 11.6. The zero-order valence-corrected chi connectivity index (χ0v) is 19.6. The number of halogens is 1. The predicted octanol–water partition coefficient (Wildman–Crippen LogP) is 4.33. The van der Waals surface area contributed by atoms with Crippen molar-refractivity contribution in [2.75, 3.05) is 25.6 Å². The second kappa shape index (κ2) is 10.0. The SMILES string of the molecule is CCCNc1nccc(-c2c(-c3ccc(F)cc3)nc3n2C(COc2ccc(OC)nn2)CC3)n1. The van der Waals surface area contributed by atoms with E-state index in [1.165, 1.54) is 12.1 Å². The van der Waals surface area contributed by atoms with E-state index in [9.17, 15) is 4.39 Å². The summed E-state index contributed by atoms with van der Waals surface area (Å²) in [6, 6.07) is 11.7. The molecule has 5 rings (SSSR count). The highest BCUT2D eigenvalue weighted by Crippen LogP contribution is 2.39. The second-order valence-electron chi connectivity index (χ2n) is 8.21. The van der Waals surface area contributed by atoms with Gasteiger partial charge in [0.05, 0.1) is 30.2 Å². The van der Waals surface area contributed by atoms with E-state index in [0.29, 0.717) is 24.3 Å². The monoisotopic (exact) mass is 475 g/mol. The van der Waals surface area contributed by atoms with Crippen molar-refractivity contribution in [3.8, 4) is 34.4 Å². The number of methoxy groups -OCH3 is 1. The maximum absolute atomic E-state index is 13.6. The third kappa shape index (κ3) is 4.77. The van der Waals surface area contributed by atoms with E-state index in [0.717, 1.165) is 54.3 Å². The molecule has 0 spiro atoms. The third-order valence-electron chi connectivity index (χ3n) is 5.85. The molecule has 1 unspecified atom stereocenters. The number of fused-ring (bicyclic) bond motifs is 1. The van der Waals surface area contributed by atoms with Crippen LogP contribution in [0, 0.1) is 5.82 Å². The number of nitrogens with zero attached hydrogens (tertiary/aromatic N) is 6. The van der Waals surface area contributed by atoms with E-state index in [1.54, 1.807) is 37.6 Å². The average molecular weight is 476 g/mol. The van der Waals surface area contributed by atoms with Crippen molar-refractivity contribution in [3.05, 3.63) is 60.3 Å². The Labute approximate surface area is 202 Å². The van der Waals surface area contributed by atoms with Crippen molar-refractivity contribution in [3.63, 3.8) is 0 Å². The molecule has 10 heteroatoms. The maximum Gasteiger partial charge on any atom is 0.233 e. The topological polar surface area (TPSA) is 99.9 Å². The number of anilines is 1. The fourth-order valence-corrected chi connectivity index (χ4v) is 4.17. The molecule has 1 atom stereocenters. The fraction of sp³-hybridized carbons (Fsp3) is 0.320. The van der Waals surface area contributed by atoms with Crippen molar-refractivity contribution in [2.45, 2.75) is 32.2 Å². The van der Waals surface area contributed by atoms with Gasteiger partial charge in [0.15, 0.2) is 0 Å². The predicted molar refractivity (Wildman–Crippen MR) is 129 cm³/mol.